The van der Waals surface area contributed by atoms with Crippen LogP contribution in [0.3, 0.4) is 0 Å². The van der Waals surface area contributed by atoms with Crippen molar-refractivity contribution in [1.82, 2.24) is 10.3 Å². The van der Waals surface area contributed by atoms with Gasteiger partial charge in [0.2, 0.25) is 0 Å². The summed E-state index contributed by atoms with van der Waals surface area (Å²) in [7, 11) is 0. The molecule has 144 valence electrons. The molecule has 5 nitrogen and oxygen atoms in total. The van der Waals surface area contributed by atoms with Crippen LogP contribution in [0.15, 0.2) is 71.5 Å². The van der Waals surface area contributed by atoms with E-state index in [1.807, 2.05) is 12.1 Å². The first-order valence-corrected chi connectivity index (χ1v) is 9.83. The molecule has 1 aliphatic heterocycles. The molecule has 2 aromatic heterocycles. The van der Waals surface area contributed by atoms with Gasteiger partial charge in [0.1, 0.15) is 11.5 Å². The molecule has 0 aliphatic carbocycles. The fourth-order valence-corrected chi connectivity index (χ4v) is 3.72. The van der Waals surface area contributed by atoms with Gasteiger partial charge in [0.25, 0.3) is 5.91 Å². The third-order valence-electron chi connectivity index (χ3n) is 5.33. The van der Waals surface area contributed by atoms with Gasteiger partial charge in [0.05, 0.1) is 24.7 Å². The second kappa shape index (κ2) is 8.74. The number of rotatable bonds is 6. The number of amides is 1. The Balaban J connectivity index is 1.28. The third-order valence-corrected chi connectivity index (χ3v) is 5.33. The summed E-state index contributed by atoms with van der Waals surface area (Å²) in [4.78, 5) is 18.9. The van der Waals surface area contributed by atoms with Gasteiger partial charge in [-0.3, -0.25) is 4.79 Å². The van der Waals surface area contributed by atoms with Crippen LogP contribution >= 0.6 is 0 Å². The number of pyridine rings is 1. The van der Waals surface area contributed by atoms with E-state index in [0.717, 1.165) is 36.9 Å². The van der Waals surface area contributed by atoms with Gasteiger partial charge in [-0.05, 0) is 55.0 Å². The lowest BCUT2D eigenvalue weighted by Gasteiger charge is -2.33. The molecule has 0 saturated carbocycles. The van der Waals surface area contributed by atoms with E-state index < -0.39 is 0 Å². The van der Waals surface area contributed by atoms with E-state index in [9.17, 15) is 4.79 Å². The standard InChI is InChI=1S/C23H25N3O2/c27-23(25-17-21-7-4-14-28-21)22-9-8-20(16-24-22)26-12-10-19(11-13-26)15-18-5-2-1-3-6-18/h1-9,14,16,19H,10-13,15,17H2,(H,25,27). The van der Waals surface area contributed by atoms with Crippen LogP contribution in [0, 0.1) is 5.92 Å². The van der Waals surface area contributed by atoms with Gasteiger partial charge in [-0.1, -0.05) is 30.3 Å². The van der Waals surface area contributed by atoms with Crippen LogP contribution < -0.4 is 10.2 Å². The van der Waals surface area contributed by atoms with Gasteiger partial charge in [0, 0.05) is 13.1 Å². The summed E-state index contributed by atoms with van der Waals surface area (Å²) in [6, 6.07) is 18.1. The summed E-state index contributed by atoms with van der Waals surface area (Å²) in [5, 5.41) is 2.82. The molecule has 0 spiro atoms. The third kappa shape index (κ3) is 4.60. The Bertz CT molecular complexity index is 868. The topological polar surface area (TPSA) is 58.4 Å². The lowest BCUT2D eigenvalue weighted by Crippen LogP contribution is -2.34. The van der Waals surface area contributed by atoms with Crippen LogP contribution in [-0.2, 0) is 13.0 Å². The number of piperidine rings is 1. The maximum Gasteiger partial charge on any atom is 0.270 e. The Labute approximate surface area is 165 Å². The largest absolute Gasteiger partial charge is 0.467 e. The van der Waals surface area contributed by atoms with E-state index in [1.165, 1.54) is 18.4 Å². The number of nitrogens with zero attached hydrogens (tertiary/aromatic N) is 2. The van der Waals surface area contributed by atoms with Crippen molar-refractivity contribution in [2.75, 3.05) is 18.0 Å². The molecular formula is C23H25N3O2. The Morgan fingerprint density at radius 1 is 1.07 bits per heavy atom. The van der Waals surface area contributed by atoms with Crippen molar-refractivity contribution in [2.24, 2.45) is 5.92 Å². The average molecular weight is 375 g/mol. The predicted octanol–water partition coefficient (Wildman–Crippen LogP) is 4.06. The van der Waals surface area contributed by atoms with Crippen LogP contribution in [-0.4, -0.2) is 24.0 Å². The number of benzene rings is 1. The molecule has 0 atom stereocenters. The van der Waals surface area contributed by atoms with Gasteiger partial charge in [-0.25, -0.2) is 4.98 Å². The molecule has 1 aromatic carbocycles. The summed E-state index contributed by atoms with van der Waals surface area (Å²) in [6.45, 7) is 2.43. The molecule has 1 aliphatic rings. The van der Waals surface area contributed by atoms with Crippen molar-refractivity contribution in [1.29, 1.82) is 0 Å². The summed E-state index contributed by atoms with van der Waals surface area (Å²) in [6.07, 6.45) is 6.92. The van der Waals surface area contributed by atoms with Crippen molar-refractivity contribution in [2.45, 2.75) is 25.8 Å². The molecule has 4 rings (SSSR count). The van der Waals surface area contributed by atoms with E-state index in [2.05, 4.69) is 45.5 Å². The Hall–Kier alpha value is -3.08. The number of anilines is 1. The highest BCUT2D eigenvalue weighted by Crippen LogP contribution is 2.25. The minimum absolute atomic E-state index is 0.190. The molecule has 0 radical (unpaired) electrons. The summed E-state index contributed by atoms with van der Waals surface area (Å²) < 4.78 is 5.22. The smallest absolute Gasteiger partial charge is 0.270 e. The number of nitrogens with one attached hydrogen (secondary N) is 1. The molecule has 0 unspecified atom stereocenters. The quantitative estimate of drug-likeness (QED) is 0.706. The Morgan fingerprint density at radius 3 is 2.57 bits per heavy atom. The lowest BCUT2D eigenvalue weighted by atomic mass is 9.90. The minimum Gasteiger partial charge on any atom is -0.467 e. The fraction of sp³-hybridized carbons (Fsp3) is 0.304. The van der Waals surface area contributed by atoms with Crippen LogP contribution in [0.1, 0.15) is 34.7 Å². The number of hydrogen-bond acceptors (Lipinski definition) is 4. The molecule has 3 aromatic rings. The molecule has 1 N–H and O–H groups in total. The number of hydrogen-bond donors (Lipinski definition) is 1. The van der Waals surface area contributed by atoms with Crippen molar-refractivity contribution >= 4 is 11.6 Å². The number of furan rings is 1. The normalized spacial score (nSPS) is 14.8. The molecule has 0 bridgehead atoms. The van der Waals surface area contributed by atoms with E-state index in [-0.39, 0.29) is 5.91 Å². The molecule has 5 heteroatoms. The Kier molecular flexibility index (Phi) is 5.71. The van der Waals surface area contributed by atoms with Crippen molar-refractivity contribution in [3.63, 3.8) is 0 Å². The van der Waals surface area contributed by atoms with E-state index in [4.69, 9.17) is 4.42 Å². The van der Waals surface area contributed by atoms with Gasteiger partial charge in [-0.2, -0.15) is 0 Å². The number of carbonyl (C=O) groups is 1. The Morgan fingerprint density at radius 2 is 1.89 bits per heavy atom. The van der Waals surface area contributed by atoms with Crippen molar-refractivity contribution in [3.05, 3.63) is 84.1 Å². The van der Waals surface area contributed by atoms with Crippen molar-refractivity contribution < 1.29 is 9.21 Å². The van der Waals surface area contributed by atoms with Gasteiger partial charge in [-0.15, -0.1) is 0 Å². The SMILES string of the molecule is O=C(NCc1ccco1)c1ccc(N2CCC(Cc3ccccc3)CC2)cn1. The first-order valence-electron chi connectivity index (χ1n) is 9.83. The fourth-order valence-electron chi connectivity index (χ4n) is 3.72. The monoisotopic (exact) mass is 375 g/mol. The summed E-state index contributed by atoms with van der Waals surface area (Å²) in [5.74, 6) is 1.27. The highest BCUT2D eigenvalue weighted by molar-refractivity contribution is 5.92. The van der Waals surface area contributed by atoms with Gasteiger partial charge >= 0.3 is 0 Å². The van der Waals surface area contributed by atoms with Gasteiger partial charge < -0.3 is 14.6 Å². The highest BCUT2D eigenvalue weighted by atomic mass is 16.3. The lowest BCUT2D eigenvalue weighted by molar-refractivity contribution is 0.0943. The average Bonchev–Trinajstić information content (AvgIpc) is 3.27. The number of aromatic nitrogens is 1. The molecule has 1 saturated heterocycles. The summed E-state index contributed by atoms with van der Waals surface area (Å²) >= 11 is 0. The molecule has 3 heterocycles. The zero-order valence-electron chi connectivity index (χ0n) is 15.9. The van der Waals surface area contributed by atoms with E-state index in [0.29, 0.717) is 12.2 Å². The molecular weight excluding hydrogens is 350 g/mol. The maximum absolute atomic E-state index is 12.2. The molecule has 28 heavy (non-hydrogen) atoms. The molecule has 1 amide bonds. The first kappa shape index (κ1) is 18.3. The zero-order chi connectivity index (χ0) is 19.2. The van der Waals surface area contributed by atoms with Crippen LogP contribution in [0.2, 0.25) is 0 Å². The van der Waals surface area contributed by atoms with Crippen molar-refractivity contribution in [3.8, 4) is 0 Å². The van der Waals surface area contributed by atoms with E-state index >= 15 is 0 Å². The molecule has 1 fully saturated rings. The van der Waals surface area contributed by atoms with Crippen LogP contribution in [0.25, 0.3) is 0 Å². The van der Waals surface area contributed by atoms with Gasteiger partial charge in [0.15, 0.2) is 0 Å². The first-order chi connectivity index (χ1) is 13.8. The van der Waals surface area contributed by atoms with Crippen LogP contribution in [0.4, 0.5) is 5.69 Å². The maximum atomic E-state index is 12.2. The minimum atomic E-state index is -0.190. The number of carbonyl (C=O) groups excluding carboxylic acids is 1. The van der Waals surface area contributed by atoms with Crippen LogP contribution in [0.5, 0.6) is 0 Å². The van der Waals surface area contributed by atoms with E-state index in [1.54, 1.807) is 24.6 Å². The second-order valence-electron chi connectivity index (χ2n) is 7.28. The predicted molar refractivity (Wildman–Crippen MR) is 109 cm³/mol. The second-order valence-corrected chi connectivity index (χ2v) is 7.28. The summed E-state index contributed by atoms with van der Waals surface area (Å²) in [5.41, 5.74) is 2.93. The highest BCUT2D eigenvalue weighted by Gasteiger charge is 2.20. The zero-order valence-corrected chi connectivity index (χ0v) is 15.9.